The highest BCUT2D eigenvalue weighted by Gasteiger charge is 2.23. The minimum Gasteiger partial charge on any atom is -0.465 e. The molecule has 4 rings (SSSR count). The number of methoxy groups -OCH3 is 1. The van der Waals surface area contributed by atoms with Crippen LogP contribution in [-0.4, -0.2) is 28.5 Å². The van der Waals surface area contributed by atoms with E-state index in [1.165, 1.54) is 34.2 Å². The number of hydrogen-bond donors (Lipinski definition) is 1. The van der Waals surface area contributed by atoms with Crippen LogP contribution < -0.4 is 10.9 Å². The molecule has 3 aromatic rings. The Balaban J connectivity index is 1.62. The third-order valence-corrected chi connectivity index (χ3v) is 7.36. The van der Waals surface area contributed by atoms with Gasteiger partial charge in [-0.25, -0.2) is 9.78 Å². The molecule has 0 aromatic carbocycles. The number of carbonyl (C=O) groups excluding carboxylic acids is 2. The van der Waals surface area contributed by atoms with E-state index in [1.807, 2.05) is 13.8 Å². The number of amides is 1. The highest BCUT2D eigenvalue weighted by molar-refractivity contribution is 7.18. The number of hydrogen-bond acceptors (Lipinski definition) is 7. The Morgan fingerprint density at radius 3 is 2.82 bits per heavy atom. The lowest BCUT2D eigenvalue weighted by molar-refractivity contribution is -0.116. The number of ether oxygens (including phenoxy) is 1. The monoisotopic (exact) mass is 417 g/mol. The van der Waals surface area contributed by atoms with Gasteiger partial charge in [-0.1, -0.05) is 0 Å². The van der Waals surface area contributed by atoms with Crippen molar-refractivity contribution in [1.82, 2.24) is 9.55 Å². The summed E-state index contributed by atoms with van der Waals surface area (Å²) in [6.45, 7) is 3.53. The van der Waals surface area contributed by atoms with Crippen LogP contribution in [0.1, 0.15) is 37.7 Å². The van der Waals surface area contributed by atoms with Crippen LogP contribution in [0.15, 0.2) is 11.1 Å². The zero-order valence-corrected chi connectivity index (χ0v) is 17.4. The van der Waals surface area contributed by atoms with Crippen LogP contribution in [0.5, 0.6) is 0 Å². The van der Waals surface area contributed by atoms with E-state index in [2.05, 4.69) is 10.3 Å². The highest BCUT2D eigenvalue weighted by atomic mass is 32.1. The van der Waals surface area contributed by atoms with Crippen molar-refractivity contribution in [3.8, 4) is 0 Å². The molecule has 0 aliphatic heterocycles. The summed E-state index contributed by atoms with van der Waals surface area (Å²) in [4.78, 5) is 44.8. The Bertz CT molecular complexity index is 1170. The minimum absolute atomic E-state index is 0.164. The SMILES string of the molecule is COC(=O)c1c(NC(=O)Cn2cnc3sc4c(c3c2=O)CCC4)sc(C)c1C. The van der Waals surface area contributed by atoms with Gasteiger partial charge in [-0.2, -0.15) is 0 Å². The molecule has 1 aliphatic rings. The molecule has 146 valence electrons. The average molecular weight is 418 g/mol. The number of aromatic nitrogens is 2. The Kier molecular flexibility index (Phi) is 4.80. The molecular weight excluding hydrogens is 398 g/mol. The van der Waals surface area contributed by atoms with Gasteiger partial charge in [0.2, 0.25) is 5.91 Å². The van der Waals surface area contributed by atoms with E-state index < -0.39 is 5.97 Å². The number of nitrogens with zero attached hydrogens (tertiary/aromatic N) is 2. The number of thiophene rings is 2. The lowest BCUT2D eigenvalue weighted by Crippen LogP contribution is -2.28. The van der Waals surface area contributed by atoms with Gasteiger partial charge in [0, 0.05) is 9.75 Å². The fourth-order valence-corrected chi connectivity index (χ4v) is 5.80. The van der Waals surface area contributed by atoms with Crippen LogP contribution in [-0.2, 0) is 28.9 Å². The molecule has 0 radical (unpaired) electrons. The predicted octanol–water partition coefficient (Wildman–Crippen LogP) is 3.05. The summed E-state index contributed by atoms with van der Waals surface area (Å²) < 4.78 is 6.15. The van der Waals surface area contributed by atoms with Gasteiger partial charge in [-0.3, -0.25) is 14.2 Å². The van der Waals surface area contributed by atoms with E-state index >= 15 is 0 Å². The van der Waals surface area contributed by atoms with Crippen LogP contribution >= 0.6 is 22.7 Å². The molecule has 0 spiro atoms. The molecule has 0 fully saturated rings. The summed E-state index contributed by atoms with van der Waals surface area (Å²) in [5.74, 6) is -0.882. The van der Waals surface area contributed by atoms with E-state index in [0.717, 1.165) is 40.1 Å². The lowest BCUT2D eigenvalue weighted by atomic mass is 10.1. The number of anilines is 1. The van der Waals surface area contributed by atoms with Crippen molar-refractivity contribution in [3.05, 3.63) is 43.1 Å². The van der Waals surface area contributed by atoms with E-state index in [9.17, 15) is 14.4 Å². The zero-order valence-electron chi connectivity index (χ0n) is 15.7. The largest absolute Gasteiger partial charge is 0.465 e. The number of carbonyl (C=O) groups is 2. The summed E-state index contributed by atoms with van der Waals surface area (Å²) in [5.41, 5.74) is 2.03. The molecule has 9 heteroatoms. The molecule has 7 nitrogen and oxygen atoms in total. The molecule has 28 heavy (non-hydrogen) atoms. The normalized spacial score (nSPS) is 13.0. The molecule has 0 saturated heterocycles. The van der Waals surface area contributed by atoms with Crippen LogP contribution in [0.3, 0.4) is 0 Å². The number of fused-ring (bicyclic) bond motifs is 3. The van der Waals surface area contributed by atoms with Gasteiger partial charge in [0.15, 0.2) is 0 Å². The molecule has 0 unspecified atom stereocenters. The molecule has 0 saturated carbocycles. The summed E-state index contributed by atoms with van der Waals surface area (Å²) in [5, 5.41) is 3.83. The van der Waals surface area contributed by atoms with Crippen molar-refractivity contribution in [3.63, 3.8) is 0 Å². The quantitative estimate of drug-likeness (QED) is 0.659. The lowest BCUT2D eigenvalue weighted by Gasteiger charge is -2.08. The Hall–Kier alpha value is -2.52. The van der Waals surface area contributed by atoms with Gasteiger partial charge >= 0.3 is 5.97 Å². The van der Waals surface area contributed by atoms with Gasteiger partial charge in [-0.05, 0) is 44.2 Å². The number of aryl methyl sites for hydroxylation is 3. The summed E-state index contributed by atoms with van der Waals surface area (Å²) >= 11 is 2.88. The number of rotatable bonds is 4. The third kappa shape index (κ3) is 3.04. The van der Waals surface area contributed by atoms with E-state index in [4.69, 9.17) is 4.74 Å². The summed E-state index contributed by atoms with van der Waals surface area (Å²) in [6.07, 6.45) is 4.35. The van der Waals surface area contributed by atoms with Crippen LogP contribution in [0, 0.1) is 13.8 Å². The van der Waals surface area contributed by atoms with Gasteiger partial charge in [0.1, 0.15) is 16.4 Å². The first kappa shape index (κ1) is 18.8. The molecular formula is C19H19N3O4S2. The smallest absolute Gasteiger partial charge is 0.341 e. The van der Waals surface area contributed by atoms with Gasteiger partial charge in [-0.15, -0.1) is 22.7 Å². The van der Waals surface area contributed by atoms with Crippen molar-refractivity contribution in [1.29, 1.82) is 0 Å². The molecule has 0 atom stereocenters. The van der Waals surface area contributed by atoms with Crippen molar-refractivity contribution < 1.29 is 14.3 Å². The molecule has 0 bridgehead atoms. The van der Waals surface area contributed by atoms with Crippen LogP contribution in [0.25, 0.3) is 10.2 Å². The van der Waals surface area contributed by atoms with Crippen molar-refractivity contribution in [2.45, 2.75) is 39.7 Å². The summed E-state index contributed by atoms with van der Waals surface area (Å²) in [6, 6.07) is 0. The first-order valence-electron chi connectivity index (χ1n) is 8.88. The maximum absolute atomic E-state index is 12.9. The molecule has 1 aliphatic carbocycles. The van der Waals surface area contributed by atoms with Gasteiger partial charge in [0.25, 0.3) is 5.56 Å². The maximum Gasteiger partial charge on any atom is 0.341 e. The molecule has 1 N–H and O–H groups in total. The second kappa shape index (κ2) is 7.14. The predicted molar refractivity (Wildman–Crippen MR) is 110 cm³/mol. The maximum atomic E-state index is 12.9. The Labute approximate surface area is 169 Å². The third-order valence-electron chi connectivity index (χ3n) is 5.03. The first-order chi connectivity index (χ1) is 13.4. The number of nitrogens with one attached hydrogen (secondary N) is 1. The molecule has 3 aromatic heterocycles. The summed E-state index contributed by atoms with van der Waals surface area (Å²) in [7, 11) is 1.31. The van der Waals surface area contributed by atoms with Gasteiger partial charge in [0.05, 0.1) is 24.4 Å². The standard InChI is InChI=1S/C19H19N3O4S2/c1-9-10(2)27-17(14(9)19(25)26-3)21-13(23)7-22-8-20-16-15(18(22)24)11-5-4-6-12(11)28-16/h8H,4-7H2,1-3H3,(H,21,23). The minimum atomic E-state index is -0.494. The Morgan fingerprint density at radius 1 is 1.29 bits per heavy atom. The highest BCUT2D eigenvalue weighted by Crippen LogP contribution is 2.35. The fraction of sp³-hybridized carbons (Fsp3) is 0.368. The van der Waals surface area contributed by atoms with Crippen molar-refractivity contribution >= 4 is 49.8 Å². The molecule has 1 amide bonds. The first-order valence-corrected chi connectivity index (χ1v) is 10.5. The van der Waals surface area contributed by atoms with E-state index in [-0.39, 0.29) is 18.0 Å². The number of esters is 1. The van der Waals surface area contributed by atoms with E-state index in [1.54, 1.807) is 11.3 Å². The molecule has 3 heterocycles. The average Bonchev–Trinajstić information content (AvgIpc) is 3.31. The second-order valence-electron chi connectivity index (χ2n) is 6.74. The fourth-order valence-electron chi connectivity index (χ4n) is 3.52. The topological polar surface area (TPSA) is 90.3 Å². The zero-order chi connectivity index (χ0) is 20.0. The van der Waals surface area contributed by atoms with Crippen molar-refractivity contribution in [2.24, 2.45) is 0 Å². The second-order valence-corrected chi connectivity index (χ2v) is 9.05. The van der Waals surface area contributed by atoms with Crippen LogP contribution in [0.2, 0.25) is 0 Å². The van der Waals surface area contributed by atoms with Crippen LogP contribution in [0.4, 0.5) is 5.00 Å². The van der Waals surface area contributed by atoms with Gasteiger partial charge < -0.3 is 10.1 Å². The van der Waals surface area contributed by atoms with Crippen molar-refractivity contribution in [2.75, 3.05) is 12.4 Å². The Morgan fingerprint density at radius 2 is 2.07 bits per heavy atom. The van der Waals surface area contributed by atoms with E-state index in [0.29, 0.717) is 16.0 Å².